The molecular weight excluding hydrogens is 300 g/mol. The highest BCUT2D eigenvalue weighted by molar-refractivity contribution is 5.98. The average molecular weight is 320 g/mol. The first-order valence-corrected chi connectivity index (χ1v) is 8.35. The lowest BCUT2D eigenvalue weighted by atomic mass is 10.1. The molecule has 1 saturated heterocycles. The third kappa shape index (κ3) is 2.64. The number of aromatic amines is 1. The fraction of sp³-hybridized carbons (Fsp3) is 0.250. The van der Waals surface area contributed by atoms with Crippen molar-refractivity contribution in [1.82, 2.24) is 9.88 Å². The molecule has 0 atom stereocenters. The molecule has 1 aliphatic heterocycles. The van der Waals surface area contributed by atoms with Gasteiger partial charge in [0.25, 0.3) is 5.91 Å². The smallest absolute Gasteiger partial charge is 0.254 e. The maximum absolute atomic E-state index is 12.6. The topological polar surface area (TPSA) is 45.3 Å². The minimum atomic E-state index is 0.0710. The van der Waals surface area contributed by atoms with Gasteiger partial charge in [0.05, 0.1) is 13.1 Å². The molecule has 0 aliphatic carbocycles. The number of benzene rings is 2. The third-order valence-electron chi connectivity index (χ3n) is 4.58. The van der Waals surface area contributed by atoms with E-state index in [4.69, 9.17) is 4.74 Å². The van der Waals surface area contributed by atoms with Crippen molar-refractivity contribution in [3.63, 3.8) is 0 Å². The van der Waals surface area contributed by atoms with Crippen LogP contribution in [0.15, 0.2) is 54.7 Å². The van der Waals surface area contributed by atoms with Crippen LogP contribution in [0.4, 0.5) is 0 Å². The summed E-state index contributed by atoms with van der Waals surface area (Å²) in [5.41, 5.74) is 2.99. The van der Waals surface area contributed by atoms with Crippen molar-refractivity contribution in [3.8, 4) is 5.75 Å². The Morgan fingerprint density at radius 2 is 2.04 bits per heavy atom. The number of nitrogens with zero attached hydrogens (tertiary/aromatic N) is 1. The van der Waals surface area contributed by atoms with Gasteiger partial charge in [-0.2, -0.15) is 0 Å². The first-order chi connectivity index (χ1) is 11.7. The fourth-order valence-corrected chi connectivity index (χ4v) is 3.14. The predicted octanol–water partition coefficient (Wildman–Crippen LogP) is 3.63. The molecule has 0 unspecified atom stereocenters. The number of H-pyrrole nitrogens is 1. The maximum atomic E-state index is 12.6. The summed E-state index contributed by atoms with van der Waals surface area (Å²) in [6, 6.07) is 15.9. The van der Waals surface area contributed by atoms with Crippen LogP contribution < -0.4 is 4.74 Å². The summed E-state index contributed by atoms with van der Waals surface area (Å²) in [5.74, 6) is 1.01. The molecule has 24 heavy (non-hydrogen) atoms. The number of amides is 1. The minimum absolute atomic E-state index is 0.0710. The van der Waals surface area contributed by atoms with Crippen molar-refractivity contribution in [3.05, 3.63) is 65.9 Å². The number of nitrogens with one attached hydrogen (secondary N) is 1. The lowest BCUT2D eigenvalue weighted by molar-refractivity contribution is 0.0175. The number of ether oxygens (including phenoxy) is 1. The van der Waals surface area contributed by atoms with Gasteiger partial charge >= 0.3 is 0 Å². The summed E-state index contributed by atoms with van der Waals surface area (Å²) in [5, 5.41) is 1.06. The van der Waals surface area contributed by atoms with Gasteiger partial charge < -0.3 is 14.6 Å². The number of carbonyl (C=O) groups is 1. The first kappa shape index (κ1) is 14.8. The summed E-state index contributed by atoms with van der Waals surface area (Å²) in [7, 11) is 0. The van der Waals surface area contributed by atoms with Crippen molar-refractivity contribution in [2.45, 2.75) is 19.4 Å². The van der Waals surface area contributed by atoms with Crippen molar-refractivity contribution in [2.75, 3.05) is 13.1 Å². The van der Waals surface area contributed by atoms with E-state index in [0.717, 1.165) is 28.6 Å². The Morgan fingerprint density at radius 1 is 1.21 bits per heavy atom. The van der Waals surface area contributed by atoms with E-state index in [2.05, 4.69) is 18.0 Å². The standard InChI is InChI=1S/C20H20N2O2/c1-2-14-5-3-4-6-19(14)24-17-12-22(13-17)20(23)16-7-8-18-15(11-16)9-10-21-18/h3-11,17,21H,2,12-13H2,1H3. The van der Waals surface area contributed by atoms with Crippen molar-refractivity contribution in [2.24, 2.45) is 0 Å². The fourth-order valence-electron chi connectivity index (χ4n) is 3.14. The van der Waals surface area contributed by atoms with Gasteiger partial charge in [-0.15, -0.1) is 0 Å². The number of hydrogen-bond acceptors (Lipinski definition) is 2. The van der Waals surface area contributed by atoms with Crippen LogP contribution in [0.25, 0.3) is 10.9 Å². The van der Waals surface area contributed by atoms with Gasteiger partial charge in [-0.25, -0.2) is 0 Å². The zero-order chi connectivity index (χ0) is 16.5. The number of rotatable bonds is 4. The van der Waals surface area contributed by atoms with Crippen LogP contribution in [0.5, 0.6) is 5.75 Å². The Bertz CT molecular complexity index is 878. The first-order valence-electron chi connectivity index (χ1n) is 8.35. The monoisotopic (exact) mass is 320 g/mol. The molecule has 1 amide bonds. The molecule has 1 N–H and O–H groups in total. The minimum Gasteiger partial charge on any atom is -0.486 e. The van der Waals surface area contributed by atoms with E-state index in [1.165, 1.54) is 5.56 Å². The molecule has 2 heterocycles. The number of aromatic nitrogens is 1. The molecule has 0 spiro atoms. The van der Waals surface area contributed by atoms with Crippen molar-refractivity contribution >= 4 is 16.8 Å². The van der Waals surface area contributed by atoms with Gasteiger partial charge in [0.15, 0.2) is 0 Å². The quantitative estimate of drug-likeness (QED) is 0.798. The second-order valence-corrected chi connectivity index (χ2v) is 6.19. The largest absolute Gasteiger partial charge is 0.486 e. The Hall–Kier alpha value is -2.75. The summed E-state index contributed by atoms with van der Waals surface area (Å²) < 4.78 is 6.05. The third-order valence-corrected chi connectivity index (χ3v) is 4.58. The highest BCUT2D eigenvalue weighted by atomic mass is 16.5. The van der Waals surface area contributed by atoms with Crippen LogP contribution >= 0.6 is 0 Å². The number of aryl methyl sites for hydroxylation is 1. The van der Waals surface area contributed by atoms with Crippen molar-refractivity contribution in [1.29, 1.82) is 0 Å². The van der Waals surface area contributed by atoms with E-state index in [1.54, 1.807) is 0 Å². The highest BCUT2D eigenvalue weighted by Crippen LogP contribution is 2.24. The van der Waals surface area contributed by atoms with Gasteiger partial charge in [-0.05, 0) is 42.3 Å². The van der Waals surface area contributed by atoms with Gasteiger partial charge in [-0.3, -0.25) is 4.79 Å². The molecule has 4 nitrogen and oxygen atoms in total. The molecule has 3 aromatic rings. The second kappa shape index (κ2) is 6.04. The maximum Gasteiger partial charge on any atom is 0.254 e. The van der Waals surface area contributed by atoms with E-state index < -0.39 is 0 Å². The zero-order valence-corrected chi connectivity index (χ0v) is 13.7. The molecule has 4 rings (SSSR count). The summed E-state index contributed by atoms with van der Waals surface area (Å²) in [4.78, 5) is 17.6. The SMILES string of the molecule is CCc1ccccc1OC1CN(C(=O)c2ccc3[nH]ccc3c2)C1. The molecular formula is C20H20N2O2. The van der Waals surface area contributed by atoms with E-state index in [0.29, 0.717) is 13.1 Å². The Balaban J connectivity index is 1.40. The highest BCUT2D eigenvalue weighted by Gasteiger charge is 2.33. The molecule has 1 fully saturated rings. The van der Waals surface area contributed by atoms with Crippen molar-refractivity contribution < 1.29 is 9.53 Å². The average Bonchev–Trinajstić information content (AvgIpc) is 3.05. The number of carbonyl (C=O) groups excluding carboxylic acids is 1. The second-order valence-electron chi connectivity index (χ2n) is 6.19. The molecule has 0 radical (unpaired) electrons. The van der Waals surface area contributed by atoms with E-state index in [9.17, 15) is 4.79 Å². The normalized spacial score (nSPS) is 14.6. The summed E-state index contributed by atoms with van der Waals surface area (Å²) in [6.07, 6.45) is 2.91. The summed E-state index contributed by atoms with van der Waals surface area (Å²) >= 11 is 0. The zero-order valence-electron chi connectivity index (χ0n) is 13.7. The van der Waals surface area contributed by atoms with Crippen LogP contribution in [0.3, 0.4) is 0 Å². The molecule has 4 heteroatoms. The number of para-hydroxylation sites is 1. The van der Waals surface area contributed by atoms with Gasteiger partial charge in [0.1, 0.15) is 11.9 Å². The lowest BCUT2D eigenvalue weighted by Gasteiger charge is -2.39. The summed E-state index contributed by atoms with van der Waals surface area (Å²) in [6.45, 7) is 3.40. The molecule has 0 saturated carbocycles. The van der Waals surface area contributed by atoms with Gasteiger partial charge in [0, 0.05) is 22.7 Å². The van der Waals surface area contributed by atoms with Crippen LogP contribution in [-0.4, -0.2) is 35.0 Å². The van der Waals surface area contributed by atoms with E-state index in [1.807, 2.05) is 53.6 Å². The Labute approximate surface area is 141 Å². The molecule has 0 bridgehead atoms. The van der Waals surface area contributed by atoms with Crippen LogP contribution in [0.2, 0.25) is 0 Å². The number of fused-ring (bicyclic) bond motifs is 1. The predicted molar refractivity (Wildman–Crippen MR) is 94.4 cm³/mol. The number of likely N-dealkylation sites (tertiary alicyclic amines) is 1. The molecule has 1 aromatic heterocycles. The molecule has 122 valence electrons. The molecule has 2 aromatic carbocycles. The van der Waals surface area contributed by atoms with Gasteiger partial charge in [0.2, 0.25) is 0 Å². The van der Waals surface area contributed by atoms with E-state index in [-0.39, 0.29) is 12.0 Å². The van der Waals surface area contributed by atoms with Crippen LogP contribution in [-0.2, 0) is 6.42 Å². The van der Waals surface area contributed by atoms with E-state index >= 15 is 0 Å². The Kier molecular flexibility index (Phi) is 3.73. The number of hydrogen-bond donors (Lipinski definition) is 1. The van der Waals surface area contributed by atoms with Crippen LogP contribution in [0.1, 0.15) is 22.8 Å². The molecule has 1 aliphatic rings. The van der Waals surface area contributed by atoms with Gasteiger partial charge in [-0.1, -0.05) is 25.1 Å². The lowest BCUT2D eigenvalue weighted by Crippen LogP contribution is -2.56. The van der Waals surface area contributed by atoms with Crippen LogP contribution in [0, 0.1) is 0 Å². The Morgan fingerprint density at radius 3 is 2.88 bits per heavy atom.